The predicted octanol–water partition coefficient (Wildman–Crippen LogP) is 2.98. The molecule has 4 heteroatoms. The molecule has 2 aromatic carbocycles. The Kier molecular flexibility index (Phi) is 3.61. The number of carbonyl (C=O) groups is 2. The van der Waals surface area contributed by atoms with Gasteiger partial charge < -0.3 is 9.84 Å². The van der Waals surface area contributed by atoms with Crippen LogP contribution in [0.5, 0.6) is 5.75 Å². The smallest absolute Gasteiger partial charge is 0.336 e. The first kappa shape index (κ1) is 12.8. The van der Waals surface area contributed by atoms with Crippen LogP contribution in [0.2, 0.25) is 0 Å². The minimum absolute atomic E-state index is 0.239. The highest BCUT2D eigenvalue weighted by molar-refractivity contribution is 5.96. The highest BCUT2D eigenvalue weighted by Gasteiger charge is 2.10. The summed E-state index contributed by atoms with van der Waals surface area (Å²) in [5.74, 6) is -0.928. The van der Waals surface area contributed by atoms with Crippen LogP contribution >= 0.6 is 0 Å². The van der Waals surface area contributed by atoms with E-state index < -0.39 is 11.9 Å². The number of benzene rings is 2. The van der Waals surface area contributed by atoms with Gasteiger partial charge >= 0.3 is 11.9 Å². The fourth-order valence-electron chi connectivity index (χ4n) is 1.79. The number of hydrogen-bond acceptors (Lipinski definition) is 3. The molecule has 0 fully saturated rings. The van der Waals surface area contributed by atoms with E-state index >= 15 is 0 Å². The lowest BCUT2D eigenvalue weighted by atomic mass is 10.00. The van der Waals surface area contributed by atoms with Gasteiger partial charge in [-0.1, -0.05) is 30.3 Å². The molecule has 1 N–H and O–H groups in total. The number of esters is 1. The maximum Gasteiger partial charge on any atom is 0.336 e. The SMILES string of the molecule is CC(=O)Oc1ccc(-c2ccccc2C(=O)O)cc1. The van der Waals surface area contributed by atoms with Crippen LogP contribution in [-0.2, 0) is 4.79 Å². The molecule has 0 bridgehead atoms. The van der Waals surface area contributed by atoms with Crippen LogP contribution in [0.25, 0.3) is 11.1 Å². The Bertz CT molecular complexity index is 614. The minimum Gasteiger partial charge on any atom is -0.478 e. The molecule has 0 saturated carbocycles. The second-order valence-corrected chi connectivity index (χ2v) is 3.97. The summed E-state index contributed by atoms with van der Waals surface area (Å²) in [7, 11) is 0. The Hall–Kier alpha value is -2.62. The van der Waals surface area contributed by atoms with Crippen molar-refractivity contribution in [2.24, 2.45) is 0 Å². The van der Waals surface area contributed by atoms with Crippen LogP contribution in [0.3, 0.4) is 0 Å². The van der Waals surface area contributed by atoms with E-state index in [2.05, 4.69) is 0 Å². The molecule has 0 unspecified atom stereocenters. The molecule has 96 valence electrons. The van der Waals surface area contributed by atoms with Crippen LogP contribution in [0, 0.1) is 0 Å². The van der Waals surface area contributed by atoms with Gasteiger partial charge in [0.25, 0.3) is 0 Å². The number of carboxylic acids is 1. The fourth-order valence-corrected chi connectivity index (χ4v) is 1.79. The summed E-state index contributed by atoms with van der Waals surface area (Å²) in [5.41, 5.74) is 1.63. The van der Waals surface area contributed by atoms with Crippen LogP contribution in [0.15, 0.2) is 48.5 Å². The third kappa shape index (κ3) is 2.98. The molecule has 2 rings (SSSR count). The number of ether oxygens (including phenoxy) is 1. The van der Waals surface area contributed by atoms with Gasteiger partial charge in [-0.2, -0.15) is 0 Å². The van der Waals surface area contributed by atoms with Crippen LogP contribution in [0.1, 0.15) is 17.3 Å². The predicted molar refractivity (Wildman–Crippen MR) is 70.1 cm³/mol. The zero-order valence-electron chi connectivity index (χ0n) is 10.3. The molecule has 0 radical (unpaired) electrons. The van der Waals surface area contributed by atoms with E-state index in [9.17, 15) is 9.59 Å². The summed E-state index contributed by atoms with van der Waals surface area (Å²) < 4.78 is 4.93. The molecular weight excluding hydrogens is 244 g/mol. The third-order valence-corrected chi connectivity index (χ3v) is 2.58. The first-order valence-corrected chi connectivity index (χ1v) is 5.69. The van der Waals surface area contributed by atoms with Crippen molar-refractivity contribution in [3.05, 3.63) is 54.1 Å². The second kappa shape index (κ2) is 5.35. The first-order valence-electron chi connectivity index (χ1n) is 5.69. The Morgan fingerprint density at radius 2 is 1.63 bits per heavy atom. The molecule has 0 atom stereocenters. The van der Waals surface area contributed by atoms with Crippen LogP contribution < -0.4 is 4.74 Å². The molecule has 0 aliphatic heterocycles. The molecule has 0 saturated heterocycles. The van der Waals surface area contributed by atoms with Crippen molar-refractivity contribution in [2.45, 2.75) is 6.92 Å². The summed E-state index contributed by atoms with van der Waals surface area (Å²) in [6.07, 6.45) is 0. The van der Waals surface area contributed by atoms with Gasteiger partial charge in [-0.15, -0.1) is 0 Å². The summed E-state index contributed by atoms with van der Waals surface area (Å²) >= 11 is 0. The van der Waals surface area contributed by atoms with Crippen LogP contribution in [0.4, 0.5) is 0 Å². The highest BCUT2D eigenvalue weighted by Crippen LogP contribution is 2.25. The van der Waals surface area contributed by atoms with Gasteiger partial charge in [-0.3, -0.25) is 4.79 Å². The van der Waals surface area contributed by atoms with E-state index in [1.54, 1.807) is 48.5 Å². The van der Waals surface area contributed by atoms with Crippen molar-refractivity contribution in [3.63, 3.8) is 0 Å². The normalized spacial score (nSPS) is 9.95. The van der Waals surface area contributed by atoms with E-state index in [1.165, 1.54) is 6.92 Å². The molecule has 0 spiro atoms. The maximum atomic E-state index is 11.1. The minimum atomic E-state index is -0.973. The van der Waals surface area contributed by atoms with Gasteiger partial charge in [0.05, 0.1) is 5.56 Å². The number of aromatic carboxylic acids is 1. The average molecular weight is 256 g/mol. The molecule has 2 aromatic rings. The largest absolute Gasteiger partial charge is 0.478 e. The monoisotopic (exact) mass is 256 g/mol. The molecule has 19 heavy (non-hydrogen) atoms. The van der Waals surface area contributed by atoms with Gasteiger partial charge in [-0.05, 0) is 29.3 Å². The number of carboxylic acid groups (broad SMARTS) is 1. The molecule has 0 aliphatic rings. The van der Waals surface area contributed by atoms with Crippen molar-refractivity contribution in [3.8, 4) is 16.9 Å². The zero-order chi connectivity index (χ0) is 13.8. The molecular formula is C15H12O4. The topological polar surface area (TPSA) is 63.6 Å². The van der Waals surface area contributed by atoms with E-state index in [0.717, 1.165) is 5.56 Å². The van der Waals surface area contributed by atoms with Crippen molar-refractivity contribution >= 4 is 11.9 Å². The summed E-state index contributed by atoms with van der Waals surface area (Å²) in [6.45, 7) is 1.33. The lowest BCUT2D eigenvalue weighted by molar-refractivity contribution is -0.131. The molecule has 0 amide bonds. The molecule has 0 aliphatic carbocycles. The van der Waals surface area contributed by atoms with Gasteiger partial charge in [0.1, 0.15) is 5.75 Å². The van der Waals surface area contributed by atoms with Crippen LogP contribution in [-0.4, -0.2) is 17.0 Å². The van der Waals surface area contributed by atoms with Gasteiger partial charge in [0.15, 0.2) is 0 Å². The quantitative estimate of drug-likeness (QED) is 0.677. The average Bonchev–Trinajstić information content (AvgIpc) is 2.39. The summed E-state index contributed by atoms with van der Waals surface area (Å²) in [5, 5.41) is 9.13. The number of hydrogen-bond donors (Lipinski definition) is 1. The zero-order valence-corrected chi connectivity index (χ0v) is 10.3. The summed E-state index contributed by atoms with van der Waals surface area (Å²) in [6, 6.07) is 13.5. The second-order valence-electron chi connectivity index (χ2n) is 3.97. The van der Waals surface area contributed by atoms with Crippen molar-refractivity contribution in [1.29, 1.82) is 0 Å². The summed E-state index contributed by atoms with van der Waals surface area (Å²) in [4.78, 5) is 21.9. The van der Waals surface area contributed by atoms with E-state index in [4.69, 9.17) is 9.84 Å². The third-order valence-electron chi connectivity index (χ3n) is 2.58. The standard InChI is InChI=1S/C15H12O4/c1-10(16)19-12-8-6-11(7-9-12)13-4-2-3-5-14(13)15(17)18/h2-9H,1H3,(H,17,18). The van der Waals surface area contributed by atoms with Crippen molar-refractivity contribution in [1.82, 2.24) is 0 Å². The highest BCUT2D eigenvalue weighted by atomic mass is 16.5. The Morgan fingerprint density at radius 1 is 1.00 bits per heavy atom. The molecule has 4 nitrogen and oxygen atoms in total. The van der Waals surface area contributed by atoms with Gasteiger partial charge in [0.2, 0.25) is 0 Å². The molecule has 0 heterocycles. The van der Waals surface area contributed by atoms with Gasteiger partial charge in [0, 0.05) is 6.92 Å². The van der Waals surface area contributed by atoms with E-state index in [0.29, 0.717) is 11.3 Å². The fraction of sp³-hybridized carbons (Fsp3) is 0.0667. The van der Waals surface area contributed by atoms with E-state index in [-0.39, 0.29) is 5.56 Å². The number of rotatable bonds is 3. The lowest BCUT2D eigenvalue weighted by Gasteiger charge is -2.07. The first-order chi connectivity index (χ1) is 9.08. The van der Waals surface area contributed by atoms with Crippen molar-refractivity contribution < 1.29 is 19.4 Å². The van der Waals surface area contributed by atoms with E-state index in [1.807, 2.05) is 0 Å². The molecule has 0 aromatic heterocycles. The lowest BCUT2D eigenvalue weighted by Crippen LogP contribution is -2.01. The van der Waals surface area contributed by atoms with Gasteiger partial charge in [-0.25, -0.2) is 4.79 Å². The Balaban J connectivity index is 2.37. The maximum absolute atomic E-state index is 11.1. The van der Waals surface area contributed by atoms with Crippen molar-refractivity contribution in [2.75, 3.05) is 0 Å². The number of carbonyl (C=O) groups excluding carboxylic acids is 1. The Morgan fingerprint density at radius 3 is 2.21 bits per heavy atom. The Labute approximate surface area is 110 Å².